The number of amides is 2. The van der Waals surface area contributed by atoms with Crippen LogP contribution in [0.15, 0.2) is 12.2 Å². The van der Waals surface area contributed by atoms with Crippen LogP contribution in [0.3, 0.4) is 0 Å². The quantitative estimate of drug-likeness (QED) is 0.269. The van der Waals surface area contributed by atoms with Gasteiger partial charge in [-0.3, -0.25) is 9.59 Å². The number of hydrogen-bond acceptors (Lipinski definition) is 8. The first-order chi connectivity index (χ1) is 18.2. The molecule has 0 aromatic heterocycles. The smallest absolute Gasteiger partial charge is 0.335 e. The molecule has 4 fully saturated rings. The number of fused-ring (bicyclic) bond motifs is 5. The van der Waals surface area contributed by atoms with Crippen LogP contribution in [0.5, 0.6) is 0 Å². The van der Waals surface area contributed by atoms with Gasteiger partial charge in [-0.25, -0.2) is 4.79 Å². The van der Waals surface area contributed by atoms with E-state index in [4.69, 9.17) is 9.47 Å². The van der Waals surface area contributed by atoms with Crippen molar-refractivity contribution in [3.05, 3.63) is 12.2 Å². The summed E-state index contributed by atoms with van der Waals surface area (Å²) >= 11 is 0. The Bertz CT molecular complexity index is 1050. The summed E-state index contributed by atoms with van der Waals surface area (Å²) in [6, 6.07) is 0.150. The van der Waals surface area contributed by atoms with Gasteiger partial charge in [0.25, 0.3) is 0 Å². The lowest BCUT2D eigenvalue weighted by molar-refractivity contribution is -0.319. The van der Waals surface area contributed by atoms with Crippen LogP contribution in [0.2, 0.25) is 0 Å². The van der Waals surface area contributed by atoms with E-state index in [2.05, 4.69) is 30.6 Å². The molecule has 1 saturated heterocycles. The van der Waals surface area contributed by atoms with E-state index in [1.54, 1.807) is 19.9 Å². The first kappa shape index (κ1) is 28.5. The van der Waals surface area contributed by atoms with Gasteiger partial charge in [-0.05, 0) is 81.6 Å². The highest BCUT2D eigenvalue weighted by Gasteiger charge is 2.61. The molecule has 39 heavy (non-hydrogen) atoms. The van der Waals surface area contributed by atoms with Crippen molar-refractivity contribution in [3.8, 4) is 0 Å². The Morgan fingerprint density at radius 2 is 1.77 bits per heavy atom. The van der Waals surface area contributed by atoms with Crippen molar-refractivity contribution in [2.45, 2.75) is 109 Å². The molecule has 6 N–H and O–H groups in total. The lowest BCUT2D eigenvalue weighted by atomic mass is 9.48. The van der Waals surface area contributed by atoms with Crippen molar-refractivity contribution in [3.63, 3.8) is 0 Å². The summed E-state index contributed by atoms with van der Waals surface area (Å²) in [4.78, 5) is 37.1. The Balaban J connectivity index is 1.27. The molecular formula is C28H42N2O9. The summed E-state index contributed by atoms with van der Waals surface area (Å²) in [6.45, 7) is 7.63. The summed E-state index contributed by atoms with van der Waals surface area (Å²) in [5.74, 6) is -0.632. The van der Waals surface area contributed by atoms with Gasteiger partial charge in [0.15, 0.2) is 12.4 Å². The normalized spacial score (nSPS) is 47.4. The molecule has 2 heterocycles. The molecule has 0 radical (unpaired) electrons. The fourth-order valence-electron chi connectivity index (χ4n) is 8.62. The van der Waals surface area contributed by atoms with Gasteiger partial charge in [0.05, 0.1) is 0 Å². The van der Waals surface area contributed by atoms with Crippen molar-refractivity contribution in [2.75, 3.05) is 0 Å². The zero-order valence-electron chi connectivity index (χ0n) is 23.0. The van der Waals surface area contributed by atoms with Crippen molar-refractivity contribution in [2.24, 2.45) is 34.5 Å². The molecule has 5 aliphatic rings. The highest BCUT2D eigenvalue weighted by molar-refractivity contribution is 5.89. The van der Waals surface area contributed by atoms with Crippen LogP contribution >= 0.6 is 0 Å². The fraction of sp³-hybridized carbons (Fsp3) is 0.821. The average Bonchev–Trinajstić information content (AvgIpc) is 3.21. The topological polar surface area (TPSA) is 175 Å². The Hall–Kier alpha value is -2.05. The van der Waals surface area contributed by atoms with E-state index < -0.39 is 42.4 Å². The van der Waals surface area contributed by atoms with E-state index in [0.717, 1.165) is 38.5 Å². The molecule has 0 spiro atoms. The van der Waals surface area contributed by atoms with Crippen LogP contribution in [0.4, 0.5) is 0 Å². The van der Waals surface area contributed by atoms with Gasteiger partial charge in [0, 0.05) is 17.4 Å². The molecule has 11 heteroatoms. The number of aliphatic hydroxyl groups is 3. The van der Waals surface area contributed by atoms with Gasteiger partial charge < -0.3 is 40.5 Å². The van der Waals surface area contributed by atoms with Gasteiger partial charge in [-0.1, -0.05) is 19.9 Å². The van der Waals surface area contributed by atoms with Gasteiger partial charge in [-0.2, -0.15) is 0 Å². The molecule has 0 aromatic carbocycles. The predicted octanol–water partition coefficient (Wildman–Crippen LogP) is 0.661. The van der Waals surface area contributed by atoms with Crippen LogP contribution in [-0.4, -0.2) is 80.7 Å². The molecule has 11 nitrogen and oxygen atoms in total. The maximum absolute atomic E-state index is 13.7. The Labute approximate surface area is 228 Å². The number of ether oxygens (including phenoxy) is 2. The third-order valence-corrected chi connectivity index (χ3v) is 10.7. The van der Waals surface area contributed by atoms with Gasteiger partial charge in [0.2, 0.25) is 11.8 Å². The lowest BCUT2D eigenvalue weighted by Crippen LogP contribution is -2.63. The van der Waals surface area contributed by atoms with Gasteiger partial charge >= 0.3 is 5.97 Å². The third kappa shape index (κ3) is 4.69. The lowest BCUT2D eigenvalue weighted by Gasteiger charge is -2.58. The van der Waals surface area contributed by atoms with Gasteiger partial charge in [0.1, 0.15) is 24.0 Å². The number of nitrogens with one attached hydrogen (secondary N) is 2. The zero-order valence-corrected chi connectivity index (χ0v) is 23.0. The number of rotatable bonds is 5. The molecule has 218 valence electrons. The number of aliphatic hydroxyl groups excluding tert-OH is 3. The van der Waals surface area contributed by atoms with Crippen molar-refractivity contribution in [1.29, 1.82) is 0 Å². The minimum atomic E-state index is -1.82. The highest BCUT2D eigenvalue weighted by Crippen LogP contribution is 2.65. The van der Waals surface area contributed by atoms with Crippen LogP contribution in [-0.2, 0) is 23.9 Å². The fourth-order valence-corrected chi connectivity index (χ4v) is 8.62. The molecule has 3 saturated carbocycles. The first-order valence-corrected chi connectivity index (χ1v) is 14.1. The monoisotopic (exact) mass is 550 g/mol. The Morgan fingerprint density at radius 3 is 2.46 bits per heavy atom. The van der Waals surface area contributed by atoms with E-state index in [9.17, 15) is 34.8 Å². The molecule has 5 unspecified atom stereocenters. The van der Waals surface area contributed by atoms with E-state index in [0.29, 0.717) is 17.8 Å². The average molecular weight is 551 g/mol. The number of hydrogen-bond donors (Lipinski definition) is 6. The van der Waals surface area contributed by atoms with Gasteiger partial charge in [-0.15, -0.1) is 0 Å². The predicted molar refractivity (Wildman–Crippen MR) is 137 cm³/mol. The molecule has 5 rings (SSSR count). The molecule has 0 aromatic rings. The zero-order chi connectivity index (χ0) is 28.5. The largest absolute Gasteiger partial charge is 0.479 e. The van der Waals surface area contributed by atoms with Crippen molar-refractivity contribution in [1.82, 2.24) is 10.6 Å². The second-order valence-corrected chi connectivity index (χ2v) is 13.2. The van der Waals surface area contributed by atoms with Crippen LogP contribution in [0.25, 0.3) is 0 Å². The summed E-state index contributed by atoms with van der Waals surface area (Å²) in [5, 5.41) is 45.8. The summed E-state index contributed by atoms with van der Waals surface area (Å²) in [6.07, 6.45) is 0.649. The van der Waals surface area contributed by atoms with Crippen LogP contribution in [0, 0.1) is 34.5 Å². The molecule has 2 amide bonds. The molecule has 0 bridgehead atoms. The molecular weight excluding hydrogens is 508 g/mol. The second kappa shape index (κ2) is 9.80. The molecule has 12 atom stereocenters. The first-order valence-electron chi connectivity index (χ1n) is 14.1. The Kier molecular flexibility index (Phi) is 7.15. The Morgan fingerprint density at radius 1 is 1.05 bits per heavy atom. The van der Waals surface area contributed by atoms with Crippen LogP contribution in [0.1, 0.15) is 66.2 Å². The van der Waals surface area contributed by atoms with Crippen LogP contribution < -0.4 is 10.6 Å². The number of carboxylic acids is 1. The molecule has 3 aliphatic carbocycles. The standard InChI is InChI=1S/C28H42N2O9/c1-26(2,39-25-21(34)19(32)20(33)22(38-25)24(36)37)30-23(35)16-7-6-14-13-5-8-17-28(4,12-10-18(31)29-17)15(13)9-11-27(14,16)3/h10,12-17,19-22,25,32-34H,5-9,11H2,1-4H3,(H,29,31)(H,30,35)(H,36,37)/t13-,14-,15-,16+,17+,19?,20?,21?,22?,25?,27-,28+/m1/s1. The summed E-state index contributed by atoms with van der Waals surface area (Å²) < 4.78 is 11.0. The molecule has 2 aliphatic heterocycles. The number of aliphatic carboxylic acids is 1. The maximum atomic E-state index is 13.7. The number of carbonyl (C=O) groups excluding carboxylic acids is 2. The second-order valence-electron chi connectivity index (χ2n) is 13.2. The number of carboxylic acid groups (broad SMARTS) is 1. The maximum Gasteiger partial charge on any atom is 0.335 e. The third-order valence-electron chi connectivity index (χ3n) is 10.7. The minimum absolute atomic E-state index is 0.0191. The highest BCUT2D eigenvalue weighted by atomic mass is 16.7. The number of carbonyl (C=O) groups is 3. The summed E-state index contributed by atoms with van der Waals surface area (Å²) in [5.41, 5.74) is -1.63. The van der Waals surface area contributed by atoms with E-state index >= 15 is 0 Å². The minimum Gasteiger partial charge on any atom is -0.479 e. The SMILES string of the molecule is CC(C)(NC(=O)[C@@H]1CC[C@@H]2[C@H]3CC[C@@H]4NC(=O)C=C[C@@]4(C)[C@@H]3CC[C@]21C)OC1OC(C(=O)O)C(O)C(O)C1O. The van der Waals surface area contributed by atoms with E-state index in [1.165, 1.54) is 0 Å². The van der Waals surface area contributed by atoms with Crippen molar-refractivity contribution >= 4 is 17.8 Å². The van der Waals surface area contributed by atoms with E-state index in [1.807, 2.05) is 0 Å². The van der Waals surface area contributed by atoms with Crippen molar-refractivity contribution < 1.29 is 44.3 Å². The summed E-state index contributed by atoms with van der Waals surface area (Å²) in [7, 11) is 0. The van der Waals surface area contributed by atoms with E-state index in [-0.39, 0.29) is 34.6 Å².